The zero-order valence-corrected chi connectivity index (χ0v) is 5.97. The van der Waals surface area contributed by atoms with Crippen molar-refractivity contribution in [3.63, 3.8) is 0 Å². The van der Waals surface area contributed by atoms with Gasteiger partial charge in [0.2, 0.25) is 6.08 Å². The predicted octanol–water partition coefficient (Wildman–Crippen LogP) is 1.65. The topological polar surface area (TPSA) is 29.4 Å². The van der Waals surface area contributed by atoms with Gasteiger partial charge in [-0.25, -0.2) is 4.79 Å². The Kier molecular flexibility index (Phi) is 1.18. The van der Waals surface area contributed by atoms with Gasteiger partial charge in [0, 0.05) is 0 Å². The van der Waals surface area contributed by atoms with E-state index in [9.17, 15) is 4.79 Å². The van der Waals surface area contributed by atoms with Gasteiger partial charge in [0.25, 0.3) is 0 Å². The zero-order chi connectivity index (χ0) is 7.03. The van der Waals surface area contributed by atoms with Crippen molar-refractivity contribution in [1.29, 1.82) is 0 Å². The fraction of sp³-hybridized carbons (Fsp3) is 0.875. The van der Waals surface area contributed by atoms with E-state index in [2.05, 4.69) is 4.99 Å². The van der Waals surface area contributed by atoms with Crippen LogP contribution in [0, 0.1) is 5.92 Å². The molecule has 2 saturated carbocycles. The van der Waals surface area contributed by atoms with Gasteiger partial charge in [-0.2, -0.15) is 4.99 Å². The van der Waals surface area contributed by atoms with Crippen LogP contribution in [0.15, 0.2) is 4.99 Å². The fourth-order valence-electron chi connectivity index (χ4n) is 1.78. The van der Waals surface area contributed by atoms with Crippen LogP contribution in [0.3, 0.4) is 0 Å². The molecular weight excluding hydrogens is 126 g/mol. The smallest absolute Gasteiger partial charge is 0.211 e. The van der Waals surface area contributed by atoms with Crippen LogP contribution in [0.2, 0.25) is 0 Å². The minimum absolute atomic E-state index is 0.0972. The molecule has 2 aliphatic carbocycles. The Morgan fingerprint density at radius 2 is 2.10 bits per heavy atom. The Labute approximate surface area is 60.3 Å². The molecule has 2 rings (SSSR count). The van der Waals surface area contributed by atoms with Crippen molar-refractivity contribution in [1.82, 2.24) is 0 Å². The molecule has 2 aliphatic rings. The summed E-state index contributed by atoms with van der Waals surface area (Å²) in [4.78, 5) is 13.9. The minimum Gasteiger partial charge on any atom is -0.211 e. The van der Waals surface area contributed by atoms with Gasteiger partial charge in [-0.15, -0.1) is 0 Å². The first-order valence-electron chi connectivity index (χ1n) is 3.96. The first kappa shape index (κ1) is 6.11. The van der Waals surface area contributed by atoms with Crippen molar-refractivity contribution in [3.05, 3.63) is 0 Å². The number of aliphatic imine (C=N–C) groups is 1. The maximum Gasteiger partial charge on any atom is 0.235 e. The molecule has 0 aromatic heterocycles. The van der Waals surface area contributed by atoms with Gasteiger partial charge >= 0.3 is 0 Å². The fourth-order valence-corrected chi connectivity index (χ4v) is 1.78. The molecule has 0 aromatic carbocycles. The summed E-state index contributed by atoms with van der Waals surface area (Å²) < 4.78 is 0. The summed E-state index contributed by atoms with van der Waals surface area (Å²) in [7, 11) is 0. The molecule has 2 heteroatoms. The van der Waals surface area contributed by atoms with Crippen LogP contribution < -0.4 is 0 Å². The van der Waals surface area contributed by atoms with Crippen LogP contribution >= 0.6 is 0 Å². The van der Waals surface area contributed by atoms with E-state index in [0.717, 1.165) is 18.8 Å². The molecule has 54 valence electrons. The van der Waals surface area contributed by atoms with Crippen molar-refractivity contribution in [2.75, 3.05) is 0 Å². The molecule has 2 fully saturated rings. The van der Waals surface area contributed by atoms with E-state index in [0.29, 0.717) is 0 Å². The molecule has 0 aromatic rings. The normalized spacial score (nSPS) is 28.4. The van der Waals surface area contributed by atoms with E-state index in [-0.39, 0.29) is 5.54 Å². The lowest BCUT2D eigenvalue weighted by atomic mass is 9.78. The van der Waals surface area contributed by atoms with Gasteiger partial charge in [-0.1, -0.05) is 6.42 Å². The van der Waals surface area contributed by atoms with Gasteiger partial charge < -0.3 is 0 Å². The largest absolute Gasteiger partial charge is 0.235 e. The second-order valence-corrected chi connectivity index (χ2v) is 3.43. The molecule has 0 unspecified atom stereocenters. The lowest BCUT2D eigenvalue weighted by molar-refractivity contribution is 0.249. The van der Waals surface area contributed by atoms with Crippen molar-refractivity contribution in [2.45, 2.75) is 37.6 Å². The number of carbonyl (C=O) groups excluding carboxylic acids is 1. The average Bonchev–Trinajstić information content (AvgIpc) is 2.44. The molecule has 0 N–H and O–H groups in total. The lowest BCUT2D eigenvalue weighted by Crippen LogP contribution is -2.26. The van der Waals surface area contributed by atoms with Crippen LogP contribution in [0.5, 0.6) is 0 Å². The zero-order valence-electron chi connectivity index (χ0n) is 5.97. The lowest BCUT2D eigenvalue weighted by Gasteiger charge is -2.30. The van der Waals surface area contributed by atoms with Crippen LogP contribution in [-0.2, 0) is 4.79 Å². The van der Waals surface area contributed by atoms with Crippen molar-refractivity contribution in [3.8, 4) is 0 Å². The summed E-state index contributed by atoms with van der Waals surface area (Å²) >= 11 is 0. The minimum atomic E-state index is 0.0972. The third kappa shape index (κ3) is 0.723. The molecule has 0 atom stereocenters. The Morgan fingerprint density at radius 3 is 2.40 bits per heavy atom. The summed E-state index contributed by atoms with van der Waals surface area (Å²) in [6.45, 7) is 0. The van der Waals surface area contributed by atoms with E-state index in [1.54, 1.807) is 6.08 Å². The third-order valence-corrected chi connectivity index (χ3v) is 2.90. The molecule has 0 amide bonds. The van der Waals surface area contributed by atoms with Crippen LogP contribution in [-0.4, -0.2) is 11.6 Å². The van der Waals surface area contributed by atoms with Crippen LogP contribution in [0.1, 0.15) is 32.1 Å². The quantitative estimate of drug-likeness (QED) is 0.420. The highest BCUT2D eigenvalue weighted by atomic mass is 16.1. The first-order valence-corrected chi connectivity index (χ1v) is 3.96. The van der Waals surface area contributed by atoms with Crippen molar-refractivity contribution in [2.24, 2.45) is 10.9 Å². The Balaban J connectivity index is 2.06. The van der Waals surface area contributed by atoms with Crippen molar-refractivity contribution < 1.29 is 4.79 Å². The first-order chi connectivity index (χ1) is 4.87. The molecule has 0 bridgehead atoms. The highest BCUT2D eigenvalue weighted by Crippen LogP contribution is 2.53. The molecule has 0 aliphatic heterocycles. The number of nitrogens with zero attached hydrogens (tertiary/aromatic N) is 1. The monoisotopic (exact) mass is 137 g/mol. The Hall–Kier alpha value is -0.620. The van der Waals surface area contributed by atoms with E-state index < -0.39 is 0 Å². The highest BCUT2D eigenvalue weighted by Gasteiger charge is 2.51. The summed E-state index contributed by atoms with van der Waals surface area (Å²) in [5.41, 5.74) is 0.0972. The average molecular weight is 137 g/mol. The summed E-state index contributed by atoms with van der Waals surface area (Å²) in [5, 5.41) is 0. The second-order valence-electron chi connectivity index (χ2n) is 3.43. The maximum absolute atomic E-state index is 10.0. The number of isocyanates is 1. The third-order valence-electron chi connectivity index (χ3n) is 2.90. The number of hydrogen-bond donors (Lipinski definition) is 0. The molecule has 10 heavy (non-hydrogen) atoms. The van der Waals surface area contributed by atoms with Crippen LogP contribution in [0.4, 0.5) is 0 Å². The molecule has 0 saturated heterocycles. The SMILES string of the molecule is O=C=NC1(C2CCC2)CC1. The second kappa shape index (κ2) is 1.93. The molecule has 2 nitrogen and oxygen atoms in total. The number of hydrogen-bond acceptors (Lipinski definition) is 2. The molecule has 0 spiro atoms. The molecule has 0 heterocycles. The van der Waals surface area contributed by atoms with Gasteiger partial charge in [0.15, 0.2) is 0 Å². The summed E-state index contributed by atoms with van der Waals surface area (Å²) in [6.07, 6.45) is 7.86. The summed E-state index contributed by atoms with van der Waals surface area (Å²) in [6, 6.07) is 0. The van der Waals surface area contributed by atoms with Crippen LogP contribution in [0.25, 0.3) is 0 Å². The van der Waals surface area contributed by atoms with Gasteiger partial charge in [0.1, 0.15) is 0 Å². The Morgan fingerprint density at radius 1 is 1.40 bits per heavy atom. The van der Waals surface area contributed by atoms with Gasteiger partial charge in [-0.05, 0) is 31.6 Å². The van der Waals surface area contributed by atoms with E-state index in [1.807, 2.05) is 0 Å². The molecule has 0 radical (unpaired) electrons. The van der Waals surface area contributed by atoms with E-state index in [1.165, 1.54) is 19.3 Å². The standard InChI is InChI=1S/C8H11NO/c10-6-9-8(4-5-8)7-2-1-3-7/h7H,1-5H2. The Bertz CT molecular complexity index is 185. The maximum atomic E-state index is 10.0. The molecular formula is C8H11NO. The van der Waals surface area contributed by atoms with Gasteiger partial charge in [-0.3, -0.25) is 0 Å². The van der Waals surface area contributed by atoms with E-state index in [4.69, 9.17) is 0 Å². The number of rotatable bonds is 2. The predicted molar refractivity (Wildman–Crippen MR) is 37.4 cm³/mol. The van der Waals surface area contributed by atoms with Crippen molar-refractivity contribution >= 4 is 6.08 Å². The van der Waals surface area contributed by atoms with Gasteiger partial charge in [0.05, 0.1) is 5.54 Å². The van der Waals surface area contributed by atoms with E-state index >= 15 is 0 Å². The highest BCUT2D eigenvalue weighted by molar-refractivity contribution is 5.37. The summed E-state index contributed by atoms with van der Waals surface area (Å²) in [5.74, 6) is 0.731.